The average Bonchev–Trinajstić information content (AvgIpc) is 2.34. The number of benzene rings is 1. The number of halogens is 2. The van der Waals surface area contributed by atoms with Crippen molar-refractivity contribution in [3.05, 3.63) is 21.1 Å². The quantitative estimate of drug-likeness (QED) is 0.728. The molecule has 0 radical (unpaired) electrons. The molecule has 0 bridgehead atoms. The minimum Gasteiger partial charge on any atom is -0.399 e. The topological polar surface area (TPSA) is 75.4 Å². The van der Waals surface area contributed by atoms with Crippen LogP contribution in [-0.2, 0) is 10.2 Å². The lowest BCUT2D eigenvalue weighted by molar-refractivity contribution is 0.282. The molecule has 8 heteroatoms. The molecule has 0 saturated carbocycles. The summed E-state index contributed by atoms with van der Waals surface area (Å²) in [6.45, 7) is 3.18. The smallest absolute Gasteiger partial charge is 0.301 e. The molecule has 0 aliphatic carbocycles. The van der Waals surface area contributed by atoms with Crippen molar-refractivity contribution in [1.29, 1.82) is 0 Å². The van der Waals surface area contributed by atoms with Crippen LogP contribution in [0.25, 0.3) is 0 Å². The third kappa shape index (κ3) is 3.66. The van der Waals surface area contributed by atoms with Gasteiger partial charge in [-0.2, -0.15) is 12.7 Å². The Morgan fingerprint density at radius 1 is 1.35 bits per heavy atom. The Kier molecular flexibility index (Phi) is 4.99. The van der Waals surface area contributed by atoms with E-state index in [-0.39, 0.29) is 0 Å². The Hall–Kier alpha value is -0.310. The largest absolute Gasteiger partial charge is 0.399 e. The molecule has 1 aromatic carbocycles. The van der Waals surface area contributed by atoms with Gasteiger partial charge in [-0.1, -0.05) is 6.92 Å². The second kappa shape index (κ2) is 6.21. The zero-order valence-electron chi connectivity index (χ0n) is 11.1. The Morgan fingerprint density at radius 2 is 1.95 bits per heavy atom. The number of hydrogen-bond acceptors (Lipinski definition) is 3. The normalized spacial score (nSPS) is 20.9. The van der Waals surface area contributed by atoms with Crippen molar-refractivity contribution in [2.24, 2.45) is 5.92 Å². The van der Waals surface area contributed by atoms with Crippen LogP contribution in [0.2, 0.25) is 0 Å². The fourth-order valence-electron chi connectivity index (χ4n) is 2.25. The summed E-state index contributed by atoms with van der Waals surface area (Å²) in [5.41, 5.74) is 6.73. The zero-order chi connectivity index (χ0) is 14.9. The fourth-order valence-corrected chi connectivity index (χ4v) is 5.36. The molecular weight excluding hydrogens is 410 g/mol. The van der Waals surface area contributed by atoms with Gasteiger partial charge >= 0.3 is 10.2 Å². The highest BCUT2D eigenvalue weighted by Gasteiger charge is 2.28. The van der Waals surface area contributed by atoms with Gasteiger partial charge in [0, 0.05) is 27.7 Å². The summed E-state index contributed by atoms with van der Waals surface area (Å²) in [6.07, 6.45) is 1.97. The lowest BCUT2D eigenvalue weighted by Gasteiger charge is -2.30. The van der Waals surface area contributed by atoms with Crippen LogP contribution in [0.3, 0.4) is 0 Å². The van der Waals surface area contributed by atoms with Gasteiger partial charge in [0.15, 0.2) is 0 Å². The second-order valence-electron chi connectivity index (χ2n) is 5.07. The van der Waals surface area contributed by atoms with Crippen LogP contribution < -0.4 is 10.5 Å². The van der Waals surface area contributed by atoms with E-state index in [2.05, 4.69) is 43.5 Å². The zero-order valence-corrected chi connectivity index (χ0v) is 15.1. The summed E-state index contributed by atoms with van der Waals surface area (Å²) in [7, 11) is -3.54. The van der Waals surface area contributed by atoms with Crippen LogP contribution in [0.1, 0.15) is 19.8 Å². The van der Waals surface area contributed by atoms with Crippen molar-refractivity contribution >= 4 is 53.4 Å². The lowest BCUT2D eigenvalue weighted by atomic mass is 10.0. The molecule has 1 saturated heterocycles. The van der Waals surface area contributed by atoms with Crippen LogP contribution in [0.5, 0.6) is 0 Å². The molecule has 0 spiro atoms. The van der Waals surface area contributed by atoms with Crippen LogP contribution in [0.15, 0.2) is 21.1 Å². The molecule has 1 fully saturated rings. The van der Waals surface area contributed by atoms with Gasteiger partial charge in [-0.15, -0.1) is 0 Å². The molecule has 5 nitrogen and oxygen atoms in total. The predicted molar refractivity (Wildman–Crippen MR) is 88.8 cm³/mol. The summed E-state index contributed by atoms with van der Waals surface area (Å²) in [5.74, 6) is 0.388. The average molecular weight is 427 g/mol. The van der Waals surface area contributed by atoms with Crippen molar-refractivity contribution in [3.63, 3.8) is 0 Å². The summed E-state index contributed by atoms with van der Waals surface area (Å²) in [6, 6.07) is 3.34. The Labute approximate surface area is 136 Å². The number of anilines is 2. The van der Waals surface area contributed by atoms with Crippen LogP contribution in [-0.4, -0.2) is 25.8 Å². The number of nitrogen functional groups attached to an aromatic ring is 1. The molecule has 0 aromatic heterocycles. The van der Waals surface area contributed by atoms with E-state index in [0.717, 1.165) is 12.8 Å². The minimum absolute atomic E-state index is 0.388. The summed E-state index contributed by atoms with van der Waals surface area (Å²) in [5, 5.41) is 0. The maximum atomic E-state index is 12.4. The minimum atomic E-state index is -3.54. The SMILES string of the molecule is CC1CCCN(S(=O)(=O)Nc2c(Br)cc(N)cc2Br)C1. The third-order valence-electron chi connectivity index (χ3n) is 3.26. The van der Waals surface area contributed by atoms with Crippen LogP contribution in [0, 0.1) is 5.92 Å². The fraction of sp³-hybridized carbons (Fsp3) is 0.500. The molecule has 2 rings (SSSR count). The molecule has 20 heavy (non-hydrogen) atoms. The number of piperidine rings is 1. The van der Waals surface area contributed by atoms with Crippen molar-refractivity contribution in [2.45, 2.75) is 19.8 Å². The molecular formula is C12H17Br2N3O2S. The van der Waals surface area contributed by atoms with Gasteiger partial charge in [0.25, 0.3) is 0 Å². The standard InChI is InChI=1S/C12H17Br2N3O2S/c1-8-3-2-4-17(7-8)20(18,19)16-12-10(13)5-9(15)6-11(12)14/h5-6,8,16H,2-4,7,15H2,1H3. The van der Waals surface area contributed by atoms with E-state index >= 15 is 0 Å². The van der Waals surface area contributed by atoms with Crippen molar-refractivity contribution in [3.8, 4) is 0 Å². The molecule has 3 N–H and O–H groups in total. The van der Waals surface area contributed by atoms with Crippen molar-refractivity contribution in [2.75, 3.05) is 23.5 Å². The molecule has 1 aliphatic rings. The monoisotopic (exact) mass is 425 g/mol. The van der Waals surface area contributed by atoms with E-state index in [1.807, 2.05) is 0 Å². The predicted octanol–water partition coefficient (Wildman–Crippen LogP) is 3.18. The van der Waals surface area contributed by atoms with Gasteiger partial charge in [0.2, 0.25) is 0 Å². The molecule has 1 atom stereocenters. The first-order valence-electron chi connectivity index (χ1n) is 6.32. The molecule has 1 unspecified atom stereocenters. The maximum Gasteiger partial charge on any atom is 0.301 e. The summed E-state index contributed by atoms with van der Waals surface area (Å²) >= 11 is 6.66. The van der Waals surface area contributed by atoms with E-state index in [1.165, 1.54) is 4.31 Å². The molecule has 1 aromatic rings. The highest BCUT2D eigenvalue weighted by molar-refractivity contribution is 9.11. The maximum absolute atomic E-state index is 12.4. The number of nitrogens with two attached hydrogens (primary N) is 1. The summed E-state index contributed by atoms with van der Waals surface area (Å²) in [4.78, 5) is 0. The number of nitrogens with one attached hydrogen (secondary N) is 1. The lowest BCUT2D eigenvalue weighted by Crippen LogP contribution is -2.42. The van der Waals surface area contributed by atoms with E-state index in [1.54, 1.807) is 12.1 Å². The number of nitrogens with zero attached hydrogens (tertiary/aromatic N) is 1. The van der Waals surface area contributed by atoms with Crippen LogP contribution in [0.4, 0.5) is 11.4 Å². The van der Waals surface area contributed by atoms with E-state index < -0.39 is 10.2 Å². The number of hydrogen-bond donors (Lipinski definition) is 2. The van der Waals surface area contributed by atoms with Crippen molar-refractivity contribution in [1.82, 2.24) is 4.31 Å². The Balaban J connectivity index is 2.24. The first-order valence-corrected chi connectivity index (χ1v) is 9.34. The van der Waals surface area contributed by atoms with Crippen molar-refractivity contribution < 1.29 is 8.42 Å². The highest BCUT2D eigenvalue weighted by atomic mass is 79.9. The van der Waals surface area contributed by atoms with E-state index in [9.17, 15) is 8.42 Å². The van der Waals surface area contributed by atoms with E-state index in [4.69, 9.17) is 5.73 Å². The second-order valence-corrected chi connectivity index (χ2v) is 8.45. The molecule has 1 aliphatic heterocycles. The van der Waals surface area contributed by atoms with E-state index in [0.29, 0.717) is 39.3 Å². The first-order chi connectivity index (χ1) is 9.29. The van der Waals surface area contributed by atoms with Crippen LogP contribution >= 0.6 is 31.9 Å². The van der Waals surface area contributed by atoms with Gasteiger partial charge in [-0.25, -0.2) is 0 Å². The highest BCUT2D eigenvalue weighted by Crippen LogP contribution is 2.34. The number of rotatable bonds is 3. The van der Waals surface area contributed by atoms with Gasteiger partial charge in [-0.3, -0.25) is 4.72 Å². The molecule has 1 heterocycles. The Bertz CT molecular complexity index is 584. The van der Waals surface area contributed by atoms with Gasteiger partial charge in [0.1, 0.15) is 0 Å². The summed E-state index contributed by atoms with van der Waals surface area (Å²) < 4.78 is 30.2. The first kappa shape index (κ1) is 16.1. The van der Waals surface area contributed by atoms with Gasteiger partial charge in [-0.05, 0) is 62.8 Å². The molecule has 112 valence electrons. The Morgan fingerprint density at radius 3 is 2.50 bits per heavy atom. The molecule has 0 amide bonds. The van der Waals surface area contributed by atoms with Gasteiger partial charge in [0.05, 0.1) is 5.69 Å². The third-order valence-corrected chi connectivity index (χ3v) is 5.98. The van der Waals surface area contributed by atoms with Gasteiger partial charge < -0.3 is 5.73 Å².